The summed E-state index contributed by atoms with van der Waals surface area (Å²) in [6.07, 6.45) is 2.73. The zero-order valence-electron chi connectivity index (χ0n) is 18.8. The largest absolute Gasteiger partial charge is 0.497 e. The number of benzene rings is 1. The van der Waals surface area contributed by atoms with Crippen molar-refractivity contribution in [2.45, 2.75) is 25.6 Å². The fourth-order valence-corrected chi connectivity index (χ4v) is 4.15. The summed E-state index contributed by atoms with van der Waals surface area (Å²) in [7, 11) is 1.28. The Balaban J connectivity index is 1.58. The molecule has 4 rings (SSSR count). The molecule has 0 amide bonds. The van der Waals surface area contributed by atoms with Crippen LogP contribution in [0.2, 0.25) is 0 Å². The Morgan fingerprint density at radius 3 is 2.56 bits per heavy atom. The van der Waals surface area contributed by atoms with Gasteiger partial charge in [0.2, 0.25) is 0 Å². The predicted octanol–water partition coefficient (Wildman–Crippen LogP) is 3.33. The van der Waals surface area contributed by atoms with E-state index in [2.05, 4.69) is 20.2 Å². The van der Waals surface area contributed by atoms with Crippen LogP contribution in [0.25, 0.3) is 11.3 Å². The van der Waals surface area contributed by atoms with Crippen molar-refractivity contribution in [2.24, 2.45) is 11.7 Å². The number of rotatable bonds is 6. The molecule has 1 fully saturated rings. The van der Waals surface area contributed by atoms with Crippen molar-refractivity contribution in [3.8, 4) is 17.0 Å². The number of hydrogen-bond acceptors (Lipinski definition) is 7. The minimum atomic E-state index is -0.972. The van der Waals surface area contributed by atoms with Gasteiger partial charge in [-0.2, -0.15) is 0 Å². The van der Waals surface area contributed by atoms with Gasteiger partial charge in [0, 0.05) is 43.4 Å². The molecule has 0 saturated carbocycles. The highest BCUT2D eigenvalue weighted by Gasteiger charge is 2.31. The molecule has 3 heterocycles. The summed E-state index contributed by atoms with van der Waals surface area (Å²) in [5.74, 6) is -2.81. The lowest BCUT2D eigenvalue weighted by Crippen LogP contribution is -2.55. The van der Waals surface area contributed by atoms with Crippen LogP contribution in [0.15, 0.2) is 42.7 Å². The number of methoxy groups -OCH3 is 1. The van der Waals surface area contributed by atoms with Gasteiger partial charge in [0.15, 0.2) is 0 Å². The molecule has 4 N–H and O–H groups in total. The minimum absolute atomic E-state index is 0.0135. The first-order valence-corrected chi connectivity index (χ1v) is 10.8. The Morgan fingerprint density at radius 1 is 1.15 bits per heavy atom. The van der Waals surface area contributed by atoms with E-state index in [1.165, 1.54) is 13.2 Å². The molecule has 7 nitrogen and oxygen atoms in total. The molecule has 34 heavy (non-hydrogen) atoms. The van der Waals surface area contributed by atoms with Gasteiger partial charge in [-0.05, 0) is 18.2 Å². The monoisotopic (exact) mass is 473 g/mol. The van der Waals surface area contributed by atoms with Crippen molar-refractivity contribution in [2.75, 3.05) is 30.4 Å². The Labute approximate surface area is 195 Å². The first-order valence-electron chi connectivity index (χ1n) is 10.8. The van der Waals surface area contributed by atoms with E-state index in [0.29, 0.717) is 24.5 Å². The number of pyridine rings is 2. The lowest BCUT2D eigenvalue weighted by molar-refractivity contribution is 0.0785. The molecular formula is C24H26F3N5O2. The molecular weight excluding hydrogens is 447 g/mol. The molecule has 0 aliphatic carbocycles. The second kappa shape index (κ2) is 9.86. The zero-order valence-corrected chi connectivity index (χ0v) is 18.8. The van der Waals surface area contributed by atoms with Gasteiger partial charge < -0.3 is 25.8 Å². The Kier molecular flexibility index (Phi) is 6.90. The number of hydrogen-bond donors (Lipinski definition) is 3. The van der Waals surface area contributed by atoms with Crippen LogP contribution in [-0.4, -0.2) is 47.4 Å². The van der Waals surface area contributed by atoms with E-state index >= 15 is 0 Å². The molecule has 2 aromatic heterocycles. The highest BCUT2D eigenvalue weighted by molar-refractivity contribution is 5.69. The smallest absolute Gasteiger partial charge is 0.149 e. The van der Waals surface area contributed by atoms with Gasteiger partial charge in [0.05, 0.1) is 48.6 Å². The number of aromatic nitrogens is 2. The first-order chi connectivity index (χ1) is 16.3. The van der Waals surface area contributed by atoms with Crippen LogP contribution in [0.4, 0.5) is 24.5 Å². The molecule has 180 valence electrons. The number of ether oxygens (including phenoxy) is 1. The molecule has 1 aliphatic rings. The number of piperidine rings is 1. The quantitative estimate of drug-likeness (QED) is 0.505. The standard InChI is InChI=1S/C24H26F3N5O2/c1-13-11-32(12-19(28)24(13)33)21-5-6-29-10-20(21)30-9-14-3-4-16(25)23(31-14)22-17(26)7-15(34-2)8-18(22)27/h3-8,10,13,19,24,30,33H,9,11-12,28H2,1-2H3. The molecule has 10 heteroatoms. The van der Waals surface area contributed by atoms with Crippen LogP contribution in [0.3, 0.4) is 0 Å². The number of nitrogens with one attached hydrogen (secondary N) is 1. The maximum atomic E-state index is 14.5. The molecule has 1 aromatic carbocycles. The van der Waals surface area contributed by atoms with E-state index in [1.807, 2.05) is 13.0 Å². The van der Waals surface area contributed by atoms with Gasteiger partial charge in [0.25, 0.3) is 0 Å². The van der Waals surface area contributed by atoms with Crippen molar-refractivity contribution in [1.29, 1.82) is 0 Å². The summed E-state index contributed by atoms with van der Waals surface area (Å²) in [5, 5.41) is 13.4. The SMILES string of the molecule is COc1cc(F)c(-c2nc(CNc3cnccc3N3CC(C)C(O)C(N)C3)ccc2F)c(F)c1. The zero-order chi connectivity index (χ0) is 24.4. The van der Waals surface area contributed by atoms with Crippen molar-refractivity contribution < 1.29 is 23.0 Å². The lowest BCUT2D eigenvalue weighted by Gasteiger charge is -2.40. The maximum Gasteiger partial charge on any atom is 0.149 e. The third-order valence-electron chi connectivity index (χ3n) is 5.95. The third-order valence-corrected chi connectivity index (χ3v) is 5.95. The fourth-order valence-electron chi connectivity index (χ4n) is 4.15. The number of aliphatic hydroxyl groups excluding tert-OH is 1. The van der Waals surface area contributed by atoms with E-state index in [-0.39, 0.29) is 24.3 Å². The van der Waals surface area contributed by atoms with E-state index in [1.54, 1.807) is 12.4 Å². The Morgan fingerprint density at radius 2 is 1.88 bits per heavy atom. The Hall–Kier alpha value is -3.37. The van der Waals surface area contributed by atoms with Gasteiger partial charge in [-0.15, -0.1) is 0 Å². The molecule has 3 aromatic rings. The van der Waals surface area contributed by atoms with E-state index < -0.39 is 34.8 Å². The number of nitrogens with zero attached hydrogens (tertiary/aromatic N) is 3. The maximum absolute atomic E-state index is 14.5. The summed E-state index contributed by atoms with van der Waals surface area (Å²) in [5.41, 5.74) is 7.03. The summed E-state index contributed by atoms with van der Waals surface area (Å²) in [6, 6.07) is 5.97. The summed E-state index contributed by atoms with van der Waals surface area (Å²) < 4.78 is 48.4. The van der Waals surface area contributed by atoms with Crippen LogP contribution >= 0.6 is 0 Å². The molecule has 0 bridgehead atoms. The number of aliphatic hydroxyl groups is 1. The normalized spacial score (nSPS) is 20.3. The van der Waals surface area contributed by atoms with Gasteiger partial charge in [-0.3, -0.25) is 4.98 Å². The predicted molar refractivity (Wildman–Crippen MR) is 123 cm³/mol. The van der Waals surface area contributed by atoms with E-state index in [4.69, 9.17) is 10.5 Å². The highest BCUT2D eigenvalue weighted by atomic mass is 19.1. The van der Waals surface area contributed by atoms with Crippen molar-refractivity contribution >= 4 is 11.4 Å². The van der Waals surface area contributed by atoms with Crippen molar-refractivity contribution in [3.63, 3.8) is 0 Å². The highest BCUT2D eigenvalue weighted by Crippen LogP contribution is 2.32. The molecule has 3 atom stereocenters. The topological polar surface area (TPSA) is 96.5 Å². The van der Waals surface area contributed by atoms with Crippen LogP contribution in [0.5, 0.6) is 5.75 Å². The first kappa shape index (κ1) is 23.8. The van der Waals surface area contributed by atoms with Crippen LogP contribution in [0, 0.1) is 23.4 Å². The van der Waals surface area contributed by atoms with Crippen LogP contribution in [0.1, 0.15) is 12.6 Å². The minimum Gasteiger partial charge on any atom is -0.497 e. The molecule has 1 aliphatic heterocycles. The molecule has 0 spiro atoms. The average Bonchev–Trinajstić information content (AvgIpc) is 2.82. The summed E-state index contributed by atoms with van der Waals surface area (Å²) in [6.45, 7) is 3.18. The second-order valence-electron chi connectivity index (χ2n) is 8.38. The summed E-state index contributed by atoms with van der Waals surface area (Å²) >= 11 is 0. The van der Waals surface area contributed by atoms with Gasteiger partial charge in [-0.25, -0.2) is 18.2 Å². The Bertz CT molecular complexity index is 1140. The summed E-state index contributed by atoms with van der Waals surface area (Å²) in [4.78, 5) is 10.4. The fraction of sp³-hybridized carbons (Fsp3) is 0.333. The second-order valence-corrected chi connectivity index (χ2v) is 8.38. The number of nitrogens with two attached hydrogens (primary N) is 1. The van der Waals surface area contributed by atoms with Gasteiger partial charge >= 0.3 is 0 Å². The molecule has 0 radical (unpaired) electrons. The van der Waals surface area contributed by atoms with Crippen LogP contribution in [-0.2, 0) is 6.54 Å². The van der Waals surface area contributed by atoms with Gasteiger partial charge in [0.1, 0.15) is 28.9 Å². The van der Waals surface area contributed by atoms with E-state index in [9.17, 15) is 18.3 Å². The lowest BCUT2D eigenvalue weighted by atomic mass is 9.92. The van der Waals surface area contributed by atoms with Crippen molar-refractivity contribution in [3.05, 3.63) is 65.9 Å². The van der Waals surface area contributed by atoms with E-state index in [0.717, 1.165) is 23.9 Å². The molecule has 3 unspecified atom stereocenters. The number of anilines is 2. The third kappa shape index (κ3) is 4.78. The van der Waals surface area contributed by atoms with Gasteiger partial charge in [-0.1, -0.05) is 6.92 Å². The van der Waals surface area contributed by atoms with Crippen molar-refractivity contribution in [1.82, 2.24) is 9.97 Å². The number of halogens is 3. The van der Waals surface area contributed by atoms with Crippen LogP contribution < -0.4 is 20.7 Å². The average molecular weight is 473 g/mol. The molecule has 1 saturated heterocycles.